The first-order valence-corrected chi connectivity index (χ1v) is 5.49. The van der Waals surface area contributed by atoms with E-state index >= 15 is 0 Å². The predicted octanol–water partition coefficient (Wildman–Crippen LogP) is 2.34. The molecule has 15 heavy (non-hydrogen) atoms. The van der Waals surface area contributed by atoms with Gasteiger partial charge in [-0.25, -0.2) is 4.79 Å². The molecule has 82 valence electrons. The molecule has 0 saturated heterocycles. The molecule has 0 aliphatic carbocycles. The molecule has 0 spiro atoms. The highest BCUT2D eigenvalue weighted by Crippen LogP contribution is 2.34. The van der Waals surface area contributed by atoms with Crippen molar-refractivity contribution < 1.29 is 19.7 Å². The lowest BCUT2D eigenvalue weighted by Crippen LogP contribution is -2.11. The fourth-order valence-corrected chi connectivity index (χ4v) is 2.11. The van der Waals surface area contributed by atoms with Gasteiger partial charge in [-0.1, -0.05) is 15.9 Å². The molecule has 1 aromatic carbocycles. The molecule has 0 radical (unpaired) electrons. The standard InChI is InChI=1S/C9H8Br2O4/c1-15-7-3-5(10)4(2-6(7)11)8(12)9(13)14/h2-3,8,12H,1H3,(H,13,14). The number of aliphatic hydroxyl groups excluding tert-OH is 1. The lowest BCUT2D eigenvalue weighted by atomic mass is 10.1. The third kappa shape index (κ3) is 2.70. The Bertz CT molecular complexity index is 392. The van der Waals surface area contributed by atoms with Crippen molar-refractivity contribution >= 4 is 37.8 Å². The molecular weight excluding hydrogens is 332 g/mol. The number of hydrogen-bond acceptors (Lipinski definition) is 3. The normalized spacial score (nSPS) is 12.3. The summed E-state index contributed by atoms with van der Waals surface area (Å²) < 4.78 is 6.09. The highest BCUT2D eigenvalue weighted by atomic mass is 79.9. The van der Waals surface area contributed by atoms with Gasteiger partial charge in [0.05, 0.1) is 11.6 Å². The van der Waals surface area contributed by atoms with E-state index in [1.807, 2.05) is 0 Å². The van der Waals surface area contributed by atoms with E-state index in [2.05, 4.69) is 31.9 Å². The van der Waals surface area contributed by atoms with E-state index in [1.54, 1.807) is 6.07 Å². The first-order chi connectivity index (χ1) is 6.97. The van der Waals surface area contributed by atoms with E-state index in [0.717, 1.165) is 0 Å². The molecule has 1 unspecified atom stereocenters. The van der Waals surface area contributed by atoms with Gasteiger partial charge in [-0.05, 0) is 28.1 Å². The smallest absolute Gasteiger partial charge is 0.337 e. The summed E-state index contributed by atoms with van der Waals surface area (Å²) in [6, 6.07) is 3.09. The summed E-state index contributed by atoms with van der Waals surface area (Å²) in [6.07, 6.45) is -1.55. The third-order valence-electron chi connectivity index (χ3n) is 1.80. The van der Waals surface area contributed by atoms with Gasteiger partial charge in [0.25, 0.3) is 0 Å². The number of carboxylic acids is 1. The van der Waals surface area contributed by atoms with Crippen LogP contribution in [-0.4, -0.2) is 23.3 Å². The van der Waals surface area contributed by atoms with Crippen LogP contribution in [0.2, 0.25) is 0 Å². The summed E-state index contributed by atoms with van der Waals surface area (Å²) in [5.41, 5.74) is 0.273. The molecule has 0 aliphatic heterocycles. The van der Waals surface area contributed by atoms with Crippen molar-refractivity contribution in [3.05, 3.63) is 26.6 Å². The Balaban J connectivity index is 3.21. The van der Waals surface area contributed by atoms with E-state index in [9.17, 15) is 9.90 Å². The fourth-order valence-electron chi connectivity index (χ4n) is 1.04. The van der Waals surface area contributed by atoms with Crippen LogP contribution in [0.1, 0.15) is 11.7 Å². The molecule has 0 heterocycles. The van der Waals surface area contributed by atoms with E-state index in [0.29, 0.717) is 14.7 Å². The van der Waals surface area contributed by atoms with Crippen LogP contribution in [0.25, 0.3) is 0 Å². The predicted molar refractivity (Wildman–Crippen MR) is 61.0 cm³/mol. The van der Waals surface area contributed by atoms with Gasteiger partial charge in [0.2, 0.25) is 0 Å². The molecule has 0 saturated carbocycles. The molecule has 6 heteroatoms. The van der Waals surface area contributed by atoms with Crippen molar-refractivity contribution in [3.63, 3.8) is 0 Å². The number of aliphatic carboxylic acids is 1. The first-order valence-electron chi connectivity index (χ1n) is 3.91. The molecule has 0 fully saturated rings. The van der Waals surface area contributed by atoms with Crippen LogP contribution in [0.15, 0.2) is 21.1 Å². The molecule has 0 aromatic heterocycles. The van der Waals surface area contributed by atoms with Crippen LogP contribution in [0.5, 0.6) is 5.75 Å². The van der Waals surface area contributed by atoms with E-state index in [-0.39, 0.29) is 5.56 Å². The van der Waals surface area contributed by atoms with Gasteiger partial charge in [0.15, 0.2) is 6.10 Å². The maximum absolute atomic E-state index is 10.6. The van der Waals surface area contributed by atoms with Crippen molar-refractivity contribution in [1.82, 2.24) is 0 Å². The molecular formula is C9H8Br2O4. The van der Waals surface area contributed by atoms with E-state index in [1.165, 1.54) is 13.2 Å². The topological polar surface area (TPSA) is 66.8 Å². The average molecular weight is 340 g/mol. The maximum Gasteiger partial charge on any atom is 0.337 e. The van der Waals surface area contributed by atoms with Crippen molar-refractivity contribution in [2.45, 2.75) is 6.10 Å². The number of aliphatic hydroxyl groups is 1. The van der Waals surface area contributed by atoms with Crippen LogP contribution in [0, 0.1) is 0 Å². The number of benzene rings is 1. The highest BCUT2D eigenvalue weighted by Gasteiger charge is 2.20. The number of ether oxygens (including phenoxy) is 1. The SMILES string of the molecule is COc1cc(Br)c(C(O)C(=O)O)cc1Br. The van der Waals surface area contributed by atoms with Crippen molar-refractivity contribution in [2.75, 3.05) is 7.11 Å². The Hall–Kier alpha value is -0.590. The second-order valence-electron chi connectivity index (χ2n) is 2.75. The van der Waals surface area contributed by atoms with E-state index in [4.69, 9.17) is 9.84 Å². The quantitative estimate of drug-likeness (QED) is 0.887. The molecule has 2 N–H and O–H groups in total. The lowest BCUT2D eigenvalue weighted by molar-refractivity contribution is -0.147. The van der Waals surface area contributed by atoms with Gasteiger partial charge in [0.1, 0.15) is 5.75 Å². The van der Waals surface area contributed by atoms with Gasteiger partial charge in [-0.15, -0.1) is 0 Å². The Labute approximate surface area is 103 Å². The van der Waals surface area contributed by atoms with Crippen LogP contribution in [-0.2, 0) is 4.79 Å². The molecule has 1 rings (SSSR count). The van der Waals surface area contributed by atoms with Crippen molar-refractivity contribution in [1.29, 1.82) is 0 Å². The van der Waals surface area contributed by atoms with Gasteiger partial charge < -0.3 is 14.9 Å². The van der Waals surface area contributed by atoms with E-state index < -0.39 is 12.1 Å². The fraction of sp³-hybridized carbons (Fsp3) is 0.222. The minimum absolute atomic E-state index is 0.273. The van der Waals surface area contributed by atoms with Crippen LogP contribution >= 0.6 is 31.9 Å². The number of hydrogen-bond donors (Lipinski definition) is 2. The molecule has 1 atom stereocenters. The zero-order valence-corrected chi connectivity index (χ0v) is 10.9. The molecule has 0 amide bonds. The highest BCUT2D eigenvalue weighted by molar-refractivity contribution is 9.11. The summed E-state index contributed by atoms with van der Waals surface area (Å²) in [7, 11) is 1.50. The largest absolute Gasteiger partial charge is 0.496 e. The molecule has 4 nitrogen and oxygen atoms in total. The van der Waals surface area contributed by atoms with Crippen LogP contribution < -0.4 is 4.74 Å². The second kappa shape index (κ2) is 4.96. The first kappa shape index (κ1) is 12.5. The monoisotopic (exact) mass is 338 g/mol. The van der Waals surface area contributed by atoms with Gasteiger partial charge in [0, 0.05) is 10.0 Å². The number of rotatable bonds is 3. The summed E-state index contributed by atoms with van der Waals surface area (Å²) in [6.45, 7) is 0. The van der Waals surface area contributed by atoms with Crippen LogP contribution in [0.3, 0.4) is 0 Å². The van der Waals surface area contributed by atoms with Crippen molar-refractivity contribution in [3.8, 4) is 5.75 Å². The summed E-state index contributed by atoms with van der Waals surface area (Å²) >= 11 is 6.38. The Morgan fingerprint density at radius 3 is 2.47 bits per heavy atom. The zero-order chi connectivity index (χ0) is 11.6. The molecule has 0 bridgehead atoms. The maximum atomic E-state index is 10.6. The minimum Gasteiger partial charge on any atom is -0.496 e. The van der Waals surface area contributed by atoms with Gasteiger partial charge in [-0.3, -0.25) is 0 Å². The number of carboxylic acid groups (broad SMARTS) is 1. The minimum atomic E-state index is -1.55. The number of methoxy groups -OCH3 is 1. The third-order valence-corrected chi connectivity index (χ3v) is 3.11. The summed E-state index contributed by atoms with van der Waals surface area (Å²) in [5, 5.41) is 18.0. The molecule has 0 aliphatic rings. The second-order valence-corrected chi connectivity index (χ2v) is 4.46. The van der Waals surface area contributed by atoms with Gasteiger partial charge >= 0.3 is 5.97 Å². The lowest BCUT2D eigenvalue weighted by Gasteiger charge is -2.11. The van der Waals surface area contributed by atoms with Crippen molar-refractivity contribution in [2.24, 2.45) is 0 Å². The number of halogens is 2. The Morgan fingerprint density at radius 2 is 2.00 bits per heavy atom. The zero-order valence-electron chi connectivity index (χ0n) is 7.70. The average Bonchev–Trinajstić information content (AvgIpc) is 2.19. The Kier molecular flexibility index (Phi) is 4.12. The number of carbonyl (C=O) groups is 1. The van der Waals surface area contributed by atoms with Crippen LogP contribution in [0.4, 0.5) is 0 Å². The molecule has 1 aromatic rings. The Morgan fingerprint density at radius 1 is 1.40 bits per heavy atom. The summed E-state index contributed by atoms with van der Waals surface area (Å²) in [4.78, 5) is 10.6. The van der Waals surface area contributed by atoms with Gasteiger partial charge in [-0.2, -0.15) is 0 Å². The summed E-state index contributed by atoms with van der Waals surface area (Å²) in [5.74, 6) is -0.740.